The van der Waals surface area contributed by atoms with Gasteiger partial charge in [0.15, 0.2) is 0 Å². The number of carbonyl (C=O) groups excluding carboxylic acids is 1. The number of hydrogen-bond donors (Lipinski definition) is 2. The topological polar surface area (TPSA) is 102 Å². The quantitative estimate of drug-likeness (QED) is 0.845. The van der Waals surface area contributed by atoms with Crippen molar-refractivity contribution in [3.05, 3.63) is 17.0 Å². The Morgan fingerprint density at radius 2 is 2.25 bits per heavy atom. The van der Waals surface area contributed by atoms with Crippen LogP contribution in [0.4, 0.5) is 0 Å². The Hall–Kier alpha value is -1.89. The average Bonchev–Trinajstić information content (AvgIpc) is 2.94. The maximum absolute atomic E-state index is 12.3. The van der Waals surface area contributed by atoms with Crippen molar-refractivity contribution in [1.82, 2.24) is 10.5 Å². The summed E-state index contributed by atoms with van der Waals surface area (Å²) in [7, 11) is 0. The van der Waals surface area contributed by atoms with Crippen molar-refractivity contribution in [2.75, 3.05) is 13.2 Å². The highest BCUT2D eigenvalue weighted by Crippen LogP contribution is 2.29. The van der Waals surface area contributed by atoms with Gasteiger partial charge in [-0.1, -0.05) is 12.1 Å². The summed E-state index contributed by atoms with van der Waals surface area (Å²) in [6.07, 6.45) is 0.567. The SMILES string of the molecule is CCc1noc(C)c1C(=O)NC1COCC1(C)C(=O)O. The zero-order valence-corrected chi connectivity index (χ0v) is 11.7. The predicted molar refractivity (Wildman–Crippen MR) is 68.4 cm³/mol. The second-order valence-corrected chi connectivity index (χ2v) is 5.18. The van der Waals surface area contributed by atoms with E-state index in [0.717, 1.165) is 0 Å². The van der Waals surface area contributed by atoms with Gasteiger partial charge in [-0.15, -0.1) is 0 Å². The van der Waals surface area contributed by atoms with E-state index in [1.807, 2.05) is 6.92 Å². The van der Waals surface area contributed by atoms with Crippen molar-refractivity contribution < 1.29 is 24.0 Å². The zero-order chi connectivity index (χ0) is 14.9. The molecule has 0 radical (unpaired) electrons. The molecule has 110 valence electrons. The Morgan fingerprint density at radius 1 is 1.55 bits per heavy atom. The Bertz CT molecular complexity index is 539. The van der Waals surface area contributed by atoms with Crippen molar-refractivity contribution in [3.63, 3.8) is 0 Å². The highest BCUT2D eigenvalue weighted by Gasteiger charge is 2.47. The lowest BCUT2D eigenvalue weighted by molar-refractivity contribution is -0.148. The van der Waals surface area contributed by atoms with Crippen LogP contribution in [0.1, 0.15) is 35.7 Å². The largest absolute Gasteiger partial charge is 0.481 e. The number of nitrogens with one attached hydrogen (secondary N) is 1. The van der Waals surface area contributed by atoms with E-state index in [2.05, 4.69) is 10.5 Å². The third-order valence-corrected chi connectivity index (χ3v) is 3.74. The number of aryl methyl sites for hydroxylation is 2. The summed E-state index contributed by atoms with van der Waals surface area (Å²) < 4.78 is 10.2. The molecule has 1 saturated heterocycles. The number of hydrogen-bond acceptors (Lipinski definition) is 5. The average molecular weight is 282 g/mol. The molecule has 1 fully saturated rings. The number of ether oxygens (including phenoxy) is 1. The van der Waals surface area contributed by atoms with Gasteiger partial charge in [0.05, 0.1) is 24.9 Å². The molecule has 1 aliphatic rings. The molecule has 1 aromatic rings. The summed E-state index contributed by atoms with van der Waals surface area (Å²) in [6.45, 7) is 5.35. The Kier molecular flexibility index (Phi) is 3.80. The first-order valence-corrected chi connectivity index (χ1v) is 6.47. The Balaban J connectivity index is 2.20. The smallest absolute Gasteiger partial charge is 0.313 e. The van der Waals surface area contributed by atoms with Crippen LogP contribution >= 0.6 is 0 Å². The van der Waals surface area contributed by atoms with E-state index in [-0.39, 0.29) is 19.1 Å². The minimum Gasteiger partial charge on any atom is -0.481 e. The molecule has 0 spiro atoms. The minimum atomic E-state index is -1.12. The molecule has 1 aliphatic heterocycles. The predicted octanol–water partition coefficient (Wildman–Crippen LogP) is 0.765. The van der Waals surface area contributed by atoms with Gasteiger partial charge in [-0.3, -0.25) is 9.59 Å². The molecule has 2 atom stereocenters. The minimum absolute atomic E-state index is 0.0799. The first-order chi connectivity index (χ1) is 9.40. The first kappa shape index (κ1) is 14.5. The van der Waals surface area contributed by atoms with Gasteiger partial charge in [-0.05, 0) is 20.3 Å². The zero-order valence-electron chi connectivity index (χ0n) is 11.7. The molecule has 1 amide bonds. The van der Waals surface area contributed by atoms with E-state index in [0.29, 0.717) is 23.4 Å². The lowest BCUT2D eigenvalue weighted by Crippen LogP contribution is -2.49. The molecule has 2 N–H and O–H groups in total. The van der Waals surface area contributed by atoms with Crippen molar-refractivity contribution in [2.45, 2.75) is 33.2 Å². The van der Waals surface area contributed by atoms with Crippen LogP contribution in [0.15, 0.2) is 4.52 Å². The number of carbonyl (C=O) groups is 2. The standard InChI is InChI=1S/C13H18N2O5/c1-4-8-10(7(2)20-15-8)11(16)14-9-5-19-6-13(9,3)12(17)18/h9H,4-6H2,1-3H3,(H,14,16)(H,17,18). The molecule has 7 nitrogen and oxygen atoms in total. The fourth-order valence-corrected chi connectivity index (χ4v) is 2.27. The normalized spacial score (nSPS) is 25.6. The Morgan fingerprint density at radius 3 is 2.85 bits per heavy atom. The maximum Gasteiger partial charge on any atom is 0.313 e. The van der Waals surface area contributed by atoms with E-state index in [1.165, 1.54) is 0 Å². The van der Waals surface area contributed by atoms with E-state index >= 15 is 0 Å². The second-order valence-electron chi connectivity index (χ2n) is 5.18. The van der Waals surface area contributed by atoms with E-state index in [4.69, 9.17) is 9.26 Å². The number of aromatic nitrogens is 1. The Labute approximate surface area is 116 Å². The molecule has 0 saturated carbocycles. The van der Waals surface area contributed by atoms with Gasteiger partial charge in [-0.2, -0.15) is 0 Å². The van der Waals surface area contributed by atoms with Crippen LogP contribution in [-0.4, -0.2) is 41.4 Å². The molecule has 2 rings (SSSR count). The van der Waals surface area contributed by atoms with Crippen molar-refractivity contribution >= 4 is 11.9 Å². The maximum atomic E-state index is 12.3. The van der Waals surface area contributed by atoms with E-state index in [1.54, 1.807) is 13.8 Å². The van der Waals surface area contributed by atoms with Crippen LogP contribution in [0.3, 0.4) is 0 Å². The monoisotopic (exact) mass is 282 g/mol. The molecular formula is C13H18N2O5. The number of nitrogens with zero attached hydrogens (tertiary/aromatic N) is 1. The molecular weight excluding hydrogens is 264 g/mol. The molecule has 0 aromatic carbocycles. The summed E-state index contributed by atoms with van der Waals surface area (Å²) in [5.41, 5.74) is -0.171. The number of rotatable bonds is 4. The van der Waals surface area contributed by atoms with Gasteiger partial charge in [0.1, 0.15) is 16.7 Å². The van der Waals surface area contributed by atoms with Gasteiger partial charge in [0.2, 0.25) is 0 Å². The lowest BCUT2D eigenvalue weighted by Gasteiger charge is -2.25. The van der Waals surface area contributed by atoms with Crippen molar-refractivity contribution in [1.29, 1.82) is 0 Å². The van der Waals surface area contributed by atoms with Crippen LogP contribution in [-0.2, 0) is 16.0 Å². The van der Waals surface area contributed by atoms with Crippen LogP contribution < -0.4 is 5.32 Å². The molecule has 0 aliphatic carbocycles. The highest BCUT2D eigenvalue weighted by molar-refractivity contribution is 5.96. The summed E-state index contributed by atoms with van der Waals surface area (Å²) in [5.74, 6) is -0.933. The summed E-state index contributed by atoms with van der Waals surface area (Å²) in [6, 6.07) is -0.577. The van der Waals surface area contributed by atoms with Gasteiger partial charge in [0.25, 0.3) is 5.91 Å². The summed E-state index contributed by atoms with van der Waals surface area (Å²) in [5, 5.41) is 15.8. The van der Waals surface area contributed by atoms with E-state index in [9.17, 15) is 14.7 Å². The summed E-state index contributed by atoms with van der Waals surface area (Å²) in [4.78, 5) is 23.6. The summed E-state index contributed by atoms with van der Waals surface area (Å²) >= 11 is 0. The highest BCUT2D eigenvalue weighted by atomic mass is 16.5. The first-order valence-electron chi connectivity index (χ1n) is 6.47. The molecule has 2 heterocycles. The molecule has 20 heavy (non-hydrogen) atoms. The third kappa shape index (κ3) is 2.29. The molecule has 2 unspecified atom stereocenters. The third-order valence-electron chi connectivity index (χ3n) is 3.74. The van der Waals surface area contributed by atoms with Crippen molar-refractivity contribution in [3.8, 4) is 0 Å². The van der Waals surface area contributed by atoms with E-state index < -0.39 is 17.4 Å². The van der Waals surface area contributed by atoms with Crippen LogP contribution in [0, 0.1) is 12.3 Å². The molecule has 7 heteroatoms. The van der Waals surface area contributed by atoms with Crippen LogP contribution in [0.25, 0.3) is 0 Å². The van der Waals surface area contributed by atoms with Crippen LogP contribution in [0.5, 0.6) is 0 Å². The van der Waals surface area contributed by atoms with Gasteiger partial charge in [-0.25, -0.2) is 0 Å². The fraction of sp³-hybridized carbons (Fsp3) is 0.615. The number of carboxylic acids is 1. The number of carboxylic acid groups (broad SMARTS) is 1. The number of amides is 1. The van der Waals surface area contributed by atoms with Gasteiger partial charge < -0.3 is 19.7 Å². The van der Waals surface area contributed by atoms with Crippen LogP contribution in [0.2, 0.25) is 0 Å². The van der Waals surface area contributed by atoms with Gasteiger partial charge >= 0.3 is 5.97 Å². The second kappa shape index (κ2) is 5.24. The van der Waals surface area contributed by atoms with Gasteiger partial charge in [0, 0.05) is 0 Å². The van der Waals surface area contributed by atoms with Crippen molar-refractivity contribution in [2.24, 2.45) is 5.41 Å². The molecule has 0 bridgehead atoms. The molecule has 1 aromatic heterocycles. The fourth-order valence-electron chi connectivity index (χ4n) is 2.27. The lowest BCUT2D eigenvalue weighted by atomic mass is 9.85. The number of aliphatic carboxylic acids is 1.